The van der Waals surface area contributed by atoms with E-state index in [0.717, 1.165) is 42.6 Å². The van der Waals surface area contributed by atoms with Crippen LogP contribution in [0.25, 0.3) is 0 Å². The number of hydrogen-bond acceptors (Lipinski definition) is 4. The summed E-state index contributed by atoms with van der Waals surface area (Å²) in [6, 6.07) is 0. The molecule has 0 unspecified atom stereocenters. The van der Waals surface area contributed by atoms with Crippen LogP contribution in [0.3, 0.4) is 0 Å². The number of anilines is 1. The molecule has 0 atom stereocenters. The van der Waals surface area contributed by atoms with Gasteiger partial charge in [0.05, 0.1) is 4.47 Å². The van der Waals surface area contributed by atoms with Crippen LogP contribution in [0.2, 0.25) is 5.28 Å². The van der Waals surface area contributed by atoms with Crippen LogP contribution in [0.5, 0.6) is 0 Å². The van der Waals surface area contributed by atoms with Crippen LogP contribution in [-0.2, 0) is 0 Å². The van der Waals surface area contributed by atoms with Crippen molar-refractivity contribution >= 4 is 39.6 Å². The van der Waals surface area contributed by atoms with E-state index in [4.69, 9.17) is 11.6 Å². The molecule has 0 radical (unpaired) electrons. The Morgan fingerprint density at radius 3 is 2.75 bits per heavy atom. The minimum atomic E-state index is 0.296. The molecular formula is C14H16BrClN4. The Morgan fingerprint density at radius 1 is 1.35 bits per heavy atom. The summed E-state index contributed by atoms with van der Waals surface area (Å²) in [6.45, 7) is 4.14. The first-order valence-electron chi connectivity index (χ1n) is 6.80. The van der Waals surface area contributed by atoms with Gasteiger partial charge < -0.3 is 4.90 Å². The van der Waals surface area contributed by atoms with Crippen LogP contribution in [0.1, 0.15) is 26.2 Å². The highest BCUT2D eigenvalue weighted by Crippen LogP contribution is 2.34. The van der Waals surface area contributed by atoms with Gasteiger partial charge in [0.25, 0.3) is 0 Å². The van der Waals surface area contributed by atoms with E-state index in [1.165, 1.54) is 11.3 Å². The molecule has 0 aliphatic carbocycles. The van der Waals surface area contributed by atoms with Crippen LogP contribution < -0.4 is 4.90 Å². The molecule has 1 fully saturated rings. The van der Waals surface area contributed by atoms with E-state index in [2.05, 4.69) is 42.7 Å². The Balaban J connectivity index is 1.71. The van der Waals surface area contributed by atoms with Crippen LogP contribution in [0.4, 0.5) is 5.82 Å². The Labute approximate surface area is 132 Å². The van der Waals surface area contributed by atoms with Crippen molar-refractivity contribution in [2.24, 2.45) is 10.9 Å². The van der Waals surface area contributed by atoms with E-state index in [1.54, 1.807) is 6.20 Å². The fourth-order valence-electron chi connectivity index (χ4n) is 2.87. The van der Waals surface area contributed by atoms with Crippen molar-refractivity contribution < 1.29 is 0 Å². The van der Waals surface area contributed by atoms with Crippen LogP contribution in [0, 0.1) is 5.92 Å². The standard InChI is InChI=1S/C14H16BrClN4/c1-9-2-5-17-12(9)10-3-6-20(7-4-10)13-11(15)8-18-14(16)19-13/h5,8,10H,2-4,6-7H2,1H3. The predicted molar refractivity (Wildman–Crippen MR) is 85.5 cm³/mol. The summed E-state index contributed by atoms with van der Waals surface area (Å²) in [6.07, 6.45) is 6.97. The molecule has 2 aliphatic rings. The normalized spacial score (nSPS) is 20.1. The Bertz CT molecular complexity index is 577. The molecule has 20 heavy (non-hydrogen) atoms. The van der Waals surface area contributed by atoms with Crippen LogP contribution >= 0.6 is 27.5 Å². The SMILES string of the molecule is CC1=C(C2CCN(c3nc(Cl)ncc3Br)CC2)N=CC1. The lowest BCUT2D eigenvalue weighted by Gasteiger charge is -2.33. The first-order valence-corrected chi connectivity index (χ1v) is 7.97. The molecule has 3 heterocycles. The largest absolute Gasteiger partial charge is 0.355 e. The maximum Gasteiger partial charge on any atom is 0.224 e. The molecule has 2 aliphatic heterocycles. The molecule has 1 aromatic rings. The van der Waals surface area contributed by atoms with Gasteiger partial charge in [-0.25, -0.2) is 4.98 Å². The first-order chi connectivity index (χ1) is 9.65. The highest BCUT2D eigenvalue weighted by molar-refractivity contribution is 9.10. The van der Waals surface area contributed by atoms with Gasteiger partial charge in [-0.15, -0.1) is 0 Å². The van der Waals surface area contributed by atoms with Gasteiger partial charge in [-0.3, -0.25) is 4.99 Å². The first kappa shape index (κ1) is 14.0. The fourth-order valence-corrected chi connectivity index (χ4v) is 3.44. The minimum absolute atomic E-state index is 0.296. The molecule has 0 bridgehead atoms. The summed E-state index contributed by atoms with van der Waals surface area (Å²) < 4.78 is 0.898. The summed E-state index contributed by atoms with van der Waals surface area (Å²) in [5.41, 5.74) is 2.74. The summed E-state index contributed by atoms with van der Waals surface area (Å²) in [5.74, 6) is 1.48. The van der Waals surface area contributed by atoms with Gasteiger partial charge in [0.2, 0.25) is 5.28 Å². The zero-order valence-corrected chi connectivity index (χ0v) is 13.7. The molecule has 0 N–H and O–H groups in total. The minimum Gasteiger partial charge on any atom is -0.355 e. The number of allylic oxidation sites excluding steroid dienone is 2. The van der Waals surface area contributed by atoms with Gasteiger partial charge >= 0.3 is 0 Å². The molecule has 3 rings (SSSR count). The van der Waals surface area contributed by atoms with Crippen molar-refractivity contribution in [3.05, 3.63) is 27.2 Å². The van der Waals surface area contributed by atoms with Gasteiger partial charge in [-0.05, 0) is 52.9 Å². The van der Waals surface area contributed by atoms with E-state index in [1.807, 2.05) is 6.21 Å². The molecule has 0 aromatic carbocycles. The van der Waals surface area contributed by atoms with Gasteiger partial charge in [0, 0.05) is 43.5 Å². The van der Waals surface area contributed by atoms with E-state index < -0.39 is 0 Å². The molecule has 4 nitrogen and oxygen atoms in total. The monoisotopic (exact) mass is 354 g/mol. The molecule has 0 amide bonds. The topological polar surface area (TPSA) is 41.4 Å². The third kappa shape index (κ3) is 2.74. The smallest absolute Gasteiger partial charge is 0.224 e. The van der Waals surface area contributed by atoms with E-state index in [-0.39, 0.29) is 0 Å². The Hall–Kier alpha value is -0.940. The van der Waals surface area contributed by atoms with E-state index >= 15 is 0 Å². The predicted octanol–water partition coefficient (Wildman–Crippen LogP) is 3.86. The third-order valence-corrected chi connectivity index (χ3v) is 4.68. The molecule has 1 aromatic heterocycles. The van der Waals surface area contributed by atoms with Crippen molar-refractivity contribution in [2.75, 3.05) is 18.0 Å². The molecule has 0 saturated carbocycles. The average molecular weight is 356 g/mol. The second-order valence-electron chi connectivity index (χ2n) is 5.25. The van der Waals surface area contributed by atoms with Crippen molar-refractivity contribution in [3.8, 4) is 0 Å². The number of aromatic nitrogens is 2. The van der Waals surface area contributed by atoms with Gasteiger partial charge in [0.15, 0.2) is 0 Å². The summed E-state index contributed by atoms with van der Waals surface area (Å²) in [4.78, 5) is 15.1. The van der Waals surface area contributed by atoms with Gasteiger partial charge in [-0.1, -0.05) is 0 Å². The Kier molecular flexibility index (Phi) is 4.08. The van der Waals surface area contributed by atoms with Crippen molar-refractivity contribution in [2.45, 2.75) is 26.2 Å². The van der Waals surface area contributed by atoms with Crippen molar-refractivity contribution in [1.29, 1.82) is 0 Å². The summed E-state index contributed by atoms with van der Waals surface area (Å²) >= 11 is 9.39. The molecular weight excluding hydrogens is 340 g/mol. The highest BCUT2D eigenvalue weighted by atomic mass is 79.9. The number of hydrogen-bond donors (Lipinski definition) is 0. The molecule has 106 valence electrons. The number of nitrogens with zero attached hydrogens (tertiary/aromatic N) is 4. The van der Waals surface area contributed by atoms with Crippen LogP contribution in [0.15, 0.2) is 26.9 Å². The number of halogens is 2. The lowest BCUT2D eigenvalue weighted by atomic mass is 9.91. The second-order valence-corrected chi connectivity index (χ2v) is 6.45. The molecule has 0 spiro atoms. The third-order valence-electron chi connectivity index (χ3n) is 3.94. The van der Waals surface area contributed by atoms with Crippen molar-refractivity contribution in [3.63, 3.8) is 0 Å². The molecule has 6 heteroatoms. The summed E-state index contributed by atoms with van der Waals surface area (Å²) in [7, 11) is 0. The zero-order chi connectivity index (χ0) is 14.1. The lowest BCUT2D eigenvalue weighted by molar-refractivity contribution is 0.451. The lowest BCUT2D eigenvalue weighted by Crippen LogP contribution is -2.35. The maximum absolute atomic E-state index is 5.89. The van der Waals surface area contributed by atoms with Crippen LogP contribution in [-0.4, -0.2) is 29.3 Å². The van der Waals surface area contributed by atoms with Crippen molar-refractivity contribution in [1.82, 2.24) is 9.97 Å². The van der Waals surface area contributed by atoms with E-state index in [0.29, 0.717) is 11.2 Å². The Morgan fingerprint density at radius 2 is 2.10 bits per heavy atom. The average Bonchev–Trinajstić information content (AvgIpc) is 2.88. The van der Waals surface area contributed by atoms with Gasteiger partial charge in [-0.2, -0.15) is 4.98 Å². The number of aliphatic imine (C=N–C) groups is 1. The maximum atomic E-state index is 5.89. The zero-order valence-electron chi connectivity index (χ0n) is 11.3. The summed E-state index contributed by atoms with van der Waals surface area (Å²) in [5, 5.41) is 0.296. The van der Waals surface area contributed by atoms with E-state index in [9.17, 15) is 0 Å². The number of rotatable bonds is 2. The molecule has 1 saturated heterocycles. The highest BCUT2D eigenvalue weighted by Gasteiger charge is 2.26. The quantitative estimate of drug-likeness (QED) is 0.757. The van der Waals surface area contributed by atoms with Gasteiger partial charge in [0.1, 0.15) is 5.82 Å². The second kappa shape index (κ2) is 5.82. The number of piperidine rings is 1. The fraction of sp³-hybridized carbons (Fsp3) is 0.500.